The first-order chi connectivity index (χ1) is 9.76. The molecule has 20 heavy (non-hydrogen) atoms. The smallest absolute Gasteiger partial charge is 0.142 e. The fraction of sp³-hybridized carbons (Fsp3) is 0.500. The van der Waals surface area contributed by atoms with Crippen molar-refractivity contribution in [1.29, 1.82) is 0 Å². The van der Waals surface area contributed by atoms with Crippen LogP contribution in [0, 0.1) is 12.3 Å². The Balaban J connectivity index is 1.98. The third kappa shape index (κ3) is 3.58. The number of nitrogens with zero attached hydrogens (tertiary/aromatic N) is 1. The van der Waals surface area contributed by atoms with Gasteiger partial charge in [-0.1, -0.05) is 5.92 Å². The van der Waals surface area contributed by atoms with E-state index in [4.69, 9.17) is 15.9 Å². The summed E-state index contributed by atoms with van der Waals surface area (Å²) in [6.45, 7) is 2.82. The largest absolute Gasteiger partial charge is 0.497 e. The summed E-state index contributed by atoms with van der Waals surface area (Å²) in [7, 11) is 3.35. The first-order valence-corrected chi connectivity index (χ1v) is 6.91. The van der Waals surface area contributed by atoms with Gasteiger partial charge in [-0.3, -0.25) is 4.90 Å². The number of terminal acetylenes is 1. The van der Waals surface area contributed by atoms with Crippen molar-refractivity contribution in [3.8, 4) is 23.8 Å². The van der Waals surface area contributed by atoms with E-state index in [9.17, 15) is 0 Å². The number of nitrogens with one attached hydrogen (secondary N) is 1. The molecule has 4 nitrogen and oxygen atoms in total. The molecule has 0 radical (unpaired) electrons. The molecule has 1 N–H and O–H groups in total. The first kappa shape index (κ1) is 14.5. The molecule has 0 atom stereocenters. The molecule has 0 saturated carbocycles. The number of hydrogen-bond acceptors (Lipinski definition) is 4. The highest BCUT2D eigenvalue weighted by molar-refractivity contribution is 5.60. The van der Waals surface area contributed by atoms with Crippen LogP contribution in [0.2, 0.25) is 0 Å². The number of ether oxygens (including phenoxy) is 2. The van der Waals surface area contributed by atoms with Crippen molar-refractivity contribution in [3.05, 3.63) is 18.2 Å². The van der Waals surface area contributed by atoms with Crippen molar-refractivity contribution in [3.63, 3.8) is 0 Å². The second-order valence-electron chi connectivity index (χ2n) is 4.97. The Kier molecular flexibility index (Phi) is 5.14. The minimum absolute atomic E-state index is 0.449. The van der Waals surface area contributed by atoms with Crippen molar-refractivity contribution in [2.45, 2.75) is 18.9 Å². The number of benzene rings is 1. The molecular weight excluding hydrogens is 252 g/mol. The summed E-state index contributed by atoms with van der Waals surface area (Å²) in [4.78, 5) is 2.31. The summed E-state index contributed by atoms with van der Waals surface area (Å²) in [5.41, 5.74) is 0.988. The van der Waals surface area contributed by atoms with E-state index < -0.39 is 0 Å². The molecule has 0 amide bonds. The van der Waals surface area contributed by atoms with Crippen LogP contribution in [0.1, 0.15) is 12.8 Å². The summed E-state index contributed by atoms with van der Waals surface area (Å²) < 4.78 is 10.7. The highest BCUT2D eigenvalue weighted by Gasteiger charge is 2.19. The fourth-order valence-electron chi connectivity index (χ4n) is 2.51. The van der Waals surface area contributed by atoms with Gasteiger partial charge in [-0.05, 0) is 25.0 Å². The van der Waals surface area contributed by atoms with Gasteiger partial charge in [0.25, 0.3) is 0 Å². The normalized spacial score (nSPS) is 16.4. The number of methoxy groups -OCH3 is 2. The molecule has 108 valence electrons. The van der Waals surface area contributed by atoms with E-state index in [1.54, 1.807) is 14.2 Å². The van der Waals surface area contributed by atoms with Gasteiger partial charge in [-0.15, -0.1) is 6.42 Å². The first-order valence-electron chi connectivity index (χ1n) is 6.91. The van der Waals surface area contributed by atoms with Gasteiger partial charge in [0.15, 0.2) is 0 Å². The predicted molar refractivity (Wildman–Crippen MR) is 81.5 cm³/mol. The van der Waals surface area contributed by atoms with E-state index in [-0.39, 0.29) is 0 Å². The van der Waals surface area contributed by atoms with Crippen LogP contribution in [-0.2, 0) is 0 Å². The quantitative estimate of drug-likeness (QED) is 0.835. The van der Waals surface area contributed by atoms with Crippen LogP contribution in [0.25, 0.3) is 0 Å². The highest BCUT2D eigenvalue weighted by Crippen LogP contribution is 2.30. The van der Waals surface area contributed by atoms with Crippen molar-refractivity contribution in [2.24, 2.45) is 0 Å². The maximum atomic E-state index is 5.39. The minimum Gasteiger partial charge on any atom is -0.497 e. The molecule has 1 aliphatic heterocycles. The van der Waals surface area contributed by atoms with Crippen LogP contribution >= 0.6 is 0 Å². The molecule has 0 spiro atoms. The Bertz CT molecular complexity index is 474. The fourth-order valence-corrected chi connectivity index (χ4v) is 2.51. The van der Waals surface area contributed by atoms with Gasteiger partial charge >= 0.3 is 0 Å². The predicted octanol–water partition coefficient (Wildman–Crippen LogP) is 2.21. The molecule has 1 heterocycles. The highest BCUT2D eigenvalue weighted by atomic mass is 16.5. The third-order valence-corrected chi connectivity index (χ3v) is 3.67. The van der Waals surface area contributed by atoms with E-state index in [0.29, 0.717) is 6.04 Å². The Morgan fingerprint density at radius 2 is 2.05 bits per heavy atom. The summed E-state index contributed by atoms with van der Waals surface area (Å²) in [6.07, 6.45) is 7.52. The van der Waals surface area contributed by atoms with Crippen molar-refractivity contribution >= 4 is 5.69 Å². The van der Waals surface area contributed by atoms with Gasteiger partial charge in [-0.25, -0.2) is 0 Å². The lowest BCUT2D eigenvalue weighted by Crippen LogP contribution is -2.39. The van der Waals surface area contributed by atoms with Crippen LogP contribution in [0.3, 0.4) is 0 Å². The van der Waals surface area contributed by atoms with Crippen molar-refractivity contribution in [1.82, 2.24) is 4.90 Å². The number of likely N-dealkylation sites (tertiary alicyclic amines) is 1. The summed E-state index contributed by atoms with van der Waals surface area (Å²) in [5.74, 6) is 4.38. The van der Waals surface area contributed by atoms with Crippen LogP contribution in [0.15, 0.2) is 18.2 Å². The maximum Gasteiger partial charge on any atom is 0.142 e. The molecule has 0 aromatic heterocycles. The summed E-state index contributed by atoms with van der Waals surface area (Å²) in [6, 6.07) is 6.26. The second-order valence-corrected chi connectivity index (χ2v) is 4.97. The zero-order chi connectivity index (χ0) is 14.4. The Labute approximate surface area is 121 Å². The van der Waals surface area contributed by atoms with Crippen molar-refractivity contribution in [2.75, 3.05) is 39.2 Å². The van der Waals surface area contributed by atoms with E-state index in [0.717, 1.165) is 49.7 Å². The molecule has 1 aromatic carbocycles. The lowest BCUT2D eigenvalue weighted by molar-refractivity contribution is 0.243. The average Bonchev–Trinajstić information content (AvgIpc) is 2.49. The molecule has 1 saturated heterocycles. The molecule has 0 bridgehead atoms. The molecule has 1 fully saturated rings. The van der Waals surface area contributed by atoms with Crippen LogP contribution in [0.5, 0.6) is 11.5 Å². The second kappa shape index (κ2) is 7.06. The number of rotatable bonds is 5. The van der Waals surface area contributed by atoms with E-state index in [1.165, 1.54) is 0 Å². The molecular formula is C16H22N2O2. The Morgan fingerprint density at radius 3 is 2.65 bits per heavy atom. The topological polar surface area (TPSA) is 33.7 Å². The van der Waals surface area contributed by atoms with E-state index in [1.807, 2.05) is 18.2 Å². The summed E-state index contributed by atoms with van der Waals surface area (Å²) in [5, 5.41) is 3.55. The average molecular weight is 274 g/mol. The minimum atomic E-state index is 0.449. The van der Waals surface area contributed by atoms with Crippen LogP contribution < -0.4 is 14.8 Å². The molecule has 1 aliphatic rings. The third-order valence-electron chi connectivity index (χ3n) is 3.67. The monoisotopic (exact) mass is 274 g/mol. The van der Waals surface area contributed by atoms with Gasteiger partial charge in [0, 0.05) is 25.2 Å². The lowest BCUT2D eigenvalue weighted by Gasteiger charge is -2.32. The van der Waals surface area contributed by atoms with E-state index in [2.05, 4.69) is 16.1 Å². The molecule has 1 aromatic rings. The number of hydrogen-bond donors (Lipinski definition) is 1. The Hall–Kier alpha value is -1.86. The van der Waals surface area contributed by atoms with Crippen molar-refractivity contribution < 1.29 is 9.47 Å². The Morgan fingerprint density at radius 1 is 1.30 bits per heavy atom. The lowest BCUT2D eigenvalue weighted by atomic mass is 10.0. The molecule has 2 rings (SSSR count). The van der Waals surface area contributed by atoms with Gasteiger partial charge in [0.1, 0.15) is 11.5 Å². The molecule has 0 unspecified atom stereocenters. The SMILES string of the molecule is C#CCN1CCC(Nc2cc(OC)ccc2OC)CC1. The van der Waals surface area contributed by atoms with Gasteiger partial charge in [0.2, 0.25) is 0 Å². The van der Waals surface area contributed by atoms with Gasteiger partial charge < -0.3 is 14.8 Å². The summed E-state index contributed by atoms with van der Waals surface area (Å²) >= 11 is 0. The number of piperidine rings is 1. The van der Waals surface area contributed by atoms with Crippen LogP contribution in [-0.4, -0.2) is 44.8 Å². The molecule has 0 aliphatic carbocycles. The zero-order valence-corrected chi connectivity index (χ0v) is 12.2. The standard InChI is InChI=1S/C16H22N2O2/c1-4-9-18-10-7-13(8-11-18)17-15-12-14(19-2)5-6-16(15)20-3/h1,5-6,12-13,17H,7-11H2,2-3H3. The zero-order valence-electron chi connectivity index (χ0n) is 12.2. The maximum absolute atomic E-state index is 5.39. The molecule has 4 heteroatoms. The van der Waals surface area contributed by atoms with Crippen LogP contribution in [0.4, 0.5) is 5.69 Å². The van der Waals surface area contributed by atoms with E-state index >= 15 is 0 Å². The van der Waals surface area contributed by atoms with Gasteiger partial charge in [-0.2, -0.15) is 0 Å². The van der Waals surface area contributed by atoms with Gasteiger partial charge in [0.05, 0.1) is 26.5 Å². The number of anilines is 1.